The van der Waals surface area contributed by atoms with Crippen molar-refractivity contribution in [1.82, 2.24) is 4.90 Å². The van der Waals surface area contributed by atoms with Gasteiger partial charge in [-0.1, -0.05) is 11.8 Å². The number of amides is 1. The Kier molecular flexibility index (Phi) is 6.02. The van der Waals surface area contributed by atoms with E-state index in [0.717, 1.165) is 0 Å². The molecule has 2 fully saturated rings. The Balaban J connectivity index is 1.92. The monoisotopic (exact) mass is 484 g/mol. The molecule has 10 nitrogen and oxygen atoms in total. The van der Waals surface area contributed by atoms with E-state index in [2.05, 4.69) is 11.8 Å². The van der Waals surface area contributed by atoms with Crippen LogP contribution in [0.3, 0.4) is 0 Å². The highest BCUT2D eigenvalue weighted by atomic mass is 16.3. The maximum Gasteiger partial charge on any atom is 0.230 e. The minimum atomic E-state index is -2.69. The van der Waals surface area contributed by atoms with Crippen molar-refractivity contribution in [2.45, 2.75) is 43.6 Å². The highest BCUT2D eigenvalue weighted by Crippen LogP contribution is 2.52. The number of hydrogen-bond acceptors (Lipinski definition) is 9. The Bertz CT molecular complexity index is 1220. The van der Waals surface area contributed by atoms with Gasteiger partial charge in [0.25, 0.3) is 0 Å². The zero-order valence-electron chi connectivity index (χ0n) is 19.5. The summed E-state index contributed by atoms with van der Waals surface area (Å²) in [6, 6.07) is 1.87. The van der Waals surface area contributed by atoms with Gasteiger partial charge in [-0.05, 0) is 57.5 Å². The van der Waals surface area contributed by atoms with E-state index < -0.39 is 64.8 Å². The summed E-state index contributed by atoms with van der Waals surface area (Å²) in [6.07, 6.45) is -2.28. The molecule has 3 aliphatic carbocycles. The average molecular weight is 485 g/mol. The molecule has 0 radical (unpaired) electrons. The number of nitrogens with zero attached hydrogens (tertiary/aromatic N) is 1. The SMILES string of the molecule is CC(O)C#Cc1ccc(O)c2c1C[C@H]1C[C@H]3[C@H](N(C)C)C(O)C(C(N)=O)C(=O)[C@@]3(O)C(=O)C1=C2O. The molecule has 0 spiro atoms. The molecule has 10 heteroatoms. The van der Waals surface area contributed by atoms with Crippen LogP contribution in [-0.4, -0.2) is 85.9 Å². The summed E-state index contributed by atoms with van der Waals surface area (Å²) in [4.78, 5) is 40.6. The number of carbonyl (C=O) groups is 3. The number of rotatable bonds is 2. The lowest BCUT2D eigenvalue weighted by atomic mass is 9.54. The number of ketones is 2. The van der Waals surface area contributed by atoms with Gasteiger partial charge in [0.1, 0.15) is 23.5 Å². The van der Waals surface area contributed by atoms with E-state index >= 15 is 0 Å². The number of primary amides is 1. The van der Waals surface area contributed by atoms with Gasteiger partial charge in [0, 0.05) is 23.1 Å². The maximum absolute atomic E-state index is 13.7. The lowest BCUT2D eigenvalue weighted by Gasteiger charge is -2.53. The number of aliphatic hydroxyl groups is 4. The summed E-state index contributed by atoms with van der Waals surface area (Å²) in [5.74, 6) is -2.46. The molecule has 1 aromatic rings. The molecular weight excluding hydrogens is 456 g/mol. The van der Waals surface area contributed by atoms with E-state index in [1.165, 1.54) is 24.0 Å². The lowest BCUT2D eigenvalue weighted by Crippen LogP contribution is -2.73. The third-order valence-corrected chi connectivity index (χ3v) is 7.39. The highest BCUT2D eigenvalue weighted by molar-refractivity contribution is 6.25. The summed E-state index contributed by atoms with van der Waals surface area (Å²) >= 11 is 0. The number of phenolic OH excluding ortho intramolecular Hbond substituents is 1. The molecule has 7 atom stereocenters. The Hall–Kier alpha value is -3.23. The molecule has 0 saturated heterocycles. The van der Waals surface area contributed by atoms with Crippen molar-refractivity contribution in [3.8, 4) is 17.6 Å². The van der Waals surface area contributed by atoms with Gasteiger partial charge in [-0.2, -0.15) is 0 Å². The number of aromatic hydroxyl groups is 1. The number of nitrogens with two attached hydrogens (primary N) is 1. The van der Waals surface area contributed by atoms with Crippen molar-refractivity contribution in [2.24, 2.45) is 23.5 Å². The summed E-state index contributed by atoms with van der Waals surface area (Å²) in [6.45, 7) is 1.49. The van der Waals surface area contributed by atoms with Crippen LogP contribution in [0.1, 0.15) is 30.0 Å². The van der Waals surface area contributed by atoms with E-state index in [1.54, 1.807) is 14.1 Å². The van der Waals surface area contributed by atoms with Crippen LogP contribution in [0.5, 0.6) is 5.75 Å². The fraction of sp³-hybridized carbons (Fsp3) is 0.480. The predicted octanol–water partition coefficient (Wildman–Crippen LogP) is -1.14. The van der Waals surface area contributed by atoms with E-state index in [0.29, 0.717) is 11.1 Å². The third kappa shape index (κ3) is 3.54. The second-order valence-corrected chi connectivity index (χ2v) is 9.72. The van der Waals surface area contributed by atoms with Crippen molar-refractivity contribution in [2.75, 3.05) is 14.1 Å². The minimum absolute atomic E-state index is 0.0249. The quantitative estimate of drug-likeness (QED) is 0.223. The van der Waals surface area contributed by atoms with Crippen molar-refractivity contribution < 1.29 is 39.9 Å². The van der Waals surface area contributed by atoms with Crippen LogP contribution in [0.4, 0.5) is 0 Å². The largest absolute Gasteiger partial charge is 0.507 e. The summed E-state index contributed by atoms with van der Waals surface area (Å²) in [5.41, 5.74) is 3.31. The molecule has 186 valence electrons. The van der Waals surface area contributed by atoms with Gasteiger partial charge in [-0.25, -0.2) is 0 Å². The molecule has 1 aromatic carbocycles. The number of hydrogen-bond donors (Lipinski definition) is 6. The van der Waals surface area contributed by atoms with Gasteiger partial charge in [0.2, 0.25) is 11.7 Å². The van der Waals surface area contributed by atoms with Gasteiger partial charge in [0.15, 0.2) is 11.4 Å². The van der Waals surface area contributed by atoms with Crippen molar-refractivity contribution in [3.05, 3.63) is 34.4 Å². The Morgan fingerprint density at radius 3 is 2.49 bits per heavy atom. The summed E-state index contributed by atoms with van der Waals surface area (Å²) < 4.78 is 0. The molecule has 0 aromatic heterocycles. The minimum Gasteiger partial charge on any atom is -0.507 e. The lowest BCUT2D eigenvalue weighted by molar-refractivity contribution is -0.184. The van der Waals surface area contributed by atoms with Gasteiger partial charge in [0.05, 0.1) is 11.7 Å². The van der Waals surface area contributed by atoms with Crippen LogP contribution in [0.2, 0.25) is 0 Å². The zero-order valence-corrected chi connectivity index (χ0v) is 19.5. The number of aliphatic hydroxyl groups excluding tert-OH is 3. The number of phenols is 1. The summed E-state index contributed by atoms with van der Waals surface area (Å²) in [7, 11) is 3.18. The second kappa shape index (κ2) is 8.46. The zero-order chi connectivity index (χ0) is 26.0. The number of benzene rings is 1. The first-order chi connectivity index (χ1) is 16.3. The normalized spacial score (nSPS) is 32.8. The van der Waals surface area contributed by atoms with Crippen LogP contribution in [0.15, 0.2) is 17.7 Å². The Morgan fingerprint density at radius 2 is 1.91 bits per heavy atom. The molecular formula is C25H28N2O8. The first-order valence-electron chi connectivity index (χ1n) is 11.3. The molecule has 3 aliphatic rings. The molecule has 4 rings (SSSR count). The number of Topliss-reactive ketones (excluding diaryl/α,β-unsaturated/α-hetero) is 2. The van der Waals surface area contributed by atoms with Gasteiger partial charge in [-0.3, -0.25) is 14.4 Å². The molecule has 0 bridgehead atoms. The van der Waals surface area contributed by atoms with Crippen molar-refractivity contribution in [3.63, 3.8) is 0 Å². The topological polar surface area (TPSA) is 182 Å². The van der Waals surface area contributed by atoms with Gasteiger partial charge < -0.3 is 36.2 Å². The Labute approximate surface area is 201 Å². The van der Waals surface area contributed by atoms with Crippen LogP contribution in [0, 0.1) is 29.6 Å². The second-order valence-electron chi connectivity index (χ2n) is 9.72. The molecule has 2 saturated carbocycles. The van der Waals surface area contributed by atoms with E-state index in [9.17, 15) is 39.9 Å². The maximum atomic E-state index is 13.7. The number of likely N-dealkylation sites (N-methyl/N-ethyl adjacent to an activating group) is 1. The van der Waals surface area contributed by atoms with Crippen molar-refractivity contribution in [1.29, 1.82) is 0 Å². The smallest absolute Gasteiger partial charge is 0.230 e. The van der Waals surface area contributed by atoms with Gasteiger partial charge >= 0.3 is 0 Å². The predicted molar refractivity (Wildman–Crippen MR) is 123 cm³/mol. The Morgan fingerprint density at radius 1 is 1.26 bits per heavy atom. The molecule has 35 heavy (non-hydrogen) atoms. The molecule has 0 aliphatic heterocycles. The van der Waals surface area contributed by atoms with Crippen LogP contribution >= 0.6 is 0 Å². The van der Waals surface area contributed by atoms with Gasteiger partial charge in [-0.15, -0.1) is 0 Å². The standard InChI is InChI=1S/C25H28N2O8/c1-10(28)4-5-11-6-7-15(29)17-13(11)8-12-9-14-19(27(2)3)21(31)18(24(26)34)23(33)25(14,35)22(32)16(12)20(17)30/h6-7,10,12,14,18-19,21,28-31,35H,8-9H2,1-3H3,(H2,26,34)/t10?,12-,14-,18?,19-,21?,25-/m0/s1. The molecule has 0 heterocycles. The van der Waals surface area contributed by atoms with Crippen LogP contribution in [-0.2, 0) is 20.8 Å². The molecule has 7 N–H and O–H groups in total. The van der Waals surface area contributed by atoms with Crippen molar-refractivity contribution >= 4 is 23.2 Å². The molecule has 3 unspecified atom stereocenters. The van der Waals surface area contributed by atoms with Crippen LogP contribution in [0.25, 0.3) is 5.76 Å². The molecule has 1 amide bonds. The number of fused-ring (bicyclic) bond motifs is 3. The highest BCUT2D eigenvalue weighted by Gasteiger charge is 2.67. The van der Waals surface area contributed by atoms with E-state index in [1.807, 2.05) is 0 Å². The van der Waals surface area contributed by atoms with Crippen LogP contribution < -0.4 is 5.73 Å². The third-order valence-electron chi connectivity index (χ3n) is 7.39. The first kappa shape index (κ1) is 24.9. The summed E-state index contributed by atoms with van der Waals surface area (Å²) in [5, 5.41) is 53.6. The fourth-order valence-electron chi connectivity index (χ4n) is 5.90. The van der Waals surface area contributed by atoms with E-state index in [4.69, 9.17) is 5.73 Å². The van der Waals surface area contributed by atoms with E-state index in [-0.39, 0.29) is 29.7 Å². The average Bonchev–Trinajstić information content (AvgIpc) is 2.75. The fourth-order valence-corrected chi connectivity index (χ4v) is 5.90. The first-order valence-corrected chi connectivity index (χ1v) is 11.3. The number of carbonyl (C=O) groups excluding carboxylic acids is 3.